The number of amides is 11. The molecule has 89 heavy (non-hydrogen) atoms. The quantitative estimate of drug-likeness (QED) is 0.0379. The van der Waals surface area contributed by atoms with E-state index in [0.717, 1.165) is 16.8 Å². The molecule has 0 radical (unpaired) electrons. The summed E-state index contributed by atoms with van der Waals surface area (Å²) in [6.45, 7) is 29.9. The monoisotopic (exact) mass is 1260 g/mol. The van der Waals surface area contributed by atoms with Gasteiger partial charge in [0, 0.05) is 69.3 Å². The van der Waals surface area contributed by atoms with Crippen LogP contribution in [0, 0.1) is 35.5 Å². The lowest BCUT2D eigenvalue weighted by Gasteiger charge is -2.38. The van der Waals surface area contributed by atoms with Crippen LogP contribution < -0.4 is 26.6 Å². The standard InChI is InChI=1S/C64H115N11O14/c1-26-28-29-41(13)34-47(70(19)50(76)33-39(9)10)56(80)68-44(27-2)59(83)75(24)52(63(87)88)62(86)74(23)49(35-64(16,17)89-25)57(81)69-51(40(11)12)61(85)72(21)46(31-37(5)6)55(79)66-42(14)53(77)67-43(15)58(82)73(22)48(32-38(7)8)60(84)71(20)45(30-36(3)4)54(78)65-18/h26,28,36-49,51-52H,27,29-35H2,1-25H3,(H,65,78)(H,66,79)(H,67,77)(H,68,80)(H,69,81)(H,87,88)/b28-26+/t41-,42+,43-,44+,45+,46-,47?,48+,49+,51-,52?/m1/s1. The molecule has 0 aromatic carbocycles. The molecule has 6 N–H and O–H groups in total. The average Bonchev–Trinajstić information content (AvgIpc) is 1.09. The molecular weight excluding hydrogens is 1150 g/mol. The van der Waals surface area contributed by atoms with Gasteiger partial charge in [-0.1, -0.05) is 95.2 Å². The number of rotatable bonds is 38. The van der Waals surface area contributed by atoms with Crippen molar-refractivity contribution < 1.29 is 67.4 Å². The van der Waals surface area contributed by atoms with E-state index in [0.29, 0.717) is 17.7 Å². The van der Waals surface area contributed by atoms with Crippen LogP contribution in [-0.2, 0) is 62.3 Å². The summed E-state index contributed by atoms with van der Waals surface area (Å²) in [5.74, 6) is -10.1. The van der Waals surface area contributed by atoms with Crippen molar-refractivity contribution >= 4 is 70.9 Å². The third-order valence-electron chi connectivity index (χ3n) is 16.1. The van der Waals surface area contributed by atoms with Gasteiger partial charge < -0.3 is 65.8 Å². The van der Waals surface area contributed by atoms with E-state index in [9.17, 15) is 62.6 Å². The van der Waals surface area contributed by atoms with Gasteiger partial charge >= 0.3 is 5.97 Å². The molecule has 0 saturated heterocycles. The Bertz CT molecular complexity index is 2430. The number of aliphatic carboxylic acids is 1. The van der Waals surface area contributed by atoms with Gasteiger partial charge in [0.05, 0.1) is 5.60 Å². The molecule has 0 rings (SSSR count). The lowest BCUT2D eigenvalue weighted by atomic mass is 9.94. The summed E-state index contributed by atoms with van der Waals surface area (Å²) in [4.78, 5) is 175. The van der Waals surface area contributed by atoms with Crippen LogP contribution in [0.2, 0.25) is 0 Å². The van der Waals surface area contributed by atoms with Gasteiger partial charge in [0.15, 0.2) is 0 Å². The Hall–Kier alpha value is -6.66. The predicted molar refractivity (Wildman–Crippen MR) is 342 cm³/mol. The minimum absolute atomic E-state index is 0.000786. The van der Waals surface area contributed by atoms with E-state index in [1.54, 1.807) is 34.6 Å². The lowest BCUT2D eigenvalue weighted by Crippen LogP contribution is -2.63. The molecule has 25 heteroatoms. The first-order valence-electron chi connectivity index (χ1n) is 31.4. The topological polar surface area (TPSA) is 314 Å². The second kappa shape index (κ2) is 38.1. The molecule has 2 unspecified atom stereocenters. The number of carboxylic acids is 1. The fraction of sp³-hybridized carbons (Fsp3) is 0.781. The van der Waals surface area contributed by atoms with Crippen LogP contribution in [0.15, 0.2) is 12.2 Å². The third-order valence-corrected chi connectivity index (χ3v) is 16.1. The first-order chi connectivity index (χ1) is 41.0. The molecule has 0 bridgehead atoms. The Morgan fingerprint density at radius 1 is 0.494 bits per heavy atom. The van der Waals surface area contributed by atoms with Gasteiger partial charge in [-0.15, -0.1) is 0 Å². The van der Waals surface area contributed by atoms with Crippen LogP contribution in [0.3, 0.4) is 0 Å². The second-order valence-electron chi connectivity index (χ2n) is 26.6. The van der Waals surface area contributed by atoms with E-state index < -0.39 is 131 Å². The van der Waals surface area contributed by atoms with Crippen molar-refractivity contribution in [2.24, 2.45) is 35.5 Å². The number of carbonyl (C=O) groups excluding carboxylic acids is 11. The molecule has 0 heterocycles. The van der Waals surface area contributed by atoms with E-state index in [4.69, 9.17) is 4.74 Å². The molecule has 0 spiro atoms. The highest BCUT2D eigenvalue weighted by Crippen LogP contribution is 2.24. The summed E-state index contributed by atoms with van der Waals surface area (Å²) >= 11 is 0. The van der Waals surface area contributed by atoms with Gasteiger partial charge in [-0.25, -0.2) is 4.79 Å². The lowest BCUT2D eigenvalue weighted by molar-refractivity contribution is -0.160. The van der Waals surface area contributed by atoms with E-state index in [1.165, 1.54) is 77.9 Å². The SMILES string of the molecule is C/C=C/C[C@@H](C)CC(C(=O)N[C@@H](CC)C(=O)N(C)C(C(=O)O)C(=O)N(C)[C@@H](CC(C)(C)OC)C(=O)N[C@@H](C(=O)N(C)[C@H](CC(C)C)C(=O)N[C@@H](C)C(=O)N[C@H](C)C(=O)N(C)[C@@H](CC(C)C)C(=O)N(C)[C@@H](CC(C)C)C(=O)NC)C(C)C)N(C)C(=O)CC(C)C. The summed E-state index contributed by atoms with van der Waals surface area (Å²) < 4.78 is 5.67. The van der Waals surface area contributed by atoms with E-state index in [1.807, 2.05) is 81.4 Å². The number of nitrogens with one attached hydrogen (secondary N) is 5. The minimum atomic E-state index is -2.22. The molecule has 0 aliphatic heterocycles. The number of hydrogen-bond acceptors (Lipinski definition) is 13. The third kappa shape index (κ3) is 25.6. The number of carbonyl (C=O) groups is 12. The van der Waals surface area contributed by atoms with Crippen molar-refractivity contribution in [1.82, 2.24) is 56.0 Å². The van der Waals surface area contributed by atoms with Crippen molar-refractivity contribution in [3.05, 3.63) is 12.2 Å². The number of hydrogen-bond donors (Lipinski definition) is 6. The highest BCUT2D eigenvalue weighted by Gasteiger charge is 2.45. The highest BCUT2D eigenvalue weighted by atomic mass is 16.5. The van der Waals surface area contributed by atoms with Crippen molar-refractivity contribution in [2.75, 3.05) is 56.4 Å². The number of allylic oxidation sites excluding steroid dienone is 2. The van der Waals surface area contributed by atoms with Gasteiger partial charge in [0.1, 0.15) is 54.4 Å². The van der Waals surface area contributed by atoms with E-state index >= 15 is 0 Å². The van der Waals surface area contributed by atoms with Gasteiger partial charge in [-0.2, -0.15) is 0 Å². The van der Waals surface area contributed by atoms with Crippen molar-refractivity contribution in [3.8, 4) is 0 Å². The molecule has 0 fully saturated rings. The number of ether oxygens (including phenoxy) is 1. The molecule has 510 valence electrons. The van der Waals surface area contributed by atoms with Crippen LogP contribution in [0.1, 0.15) is 169 Å². The van der Waals surface area contributed by atoms with Crippen molar-refractivity contribution in [2.45, 2.75) is 235 Å². The van der Waals surface area contributed by atoms with Crippen LogP contribution in [0.4, 0.5) is 0 Å². The van der Waals surface area contributed by atoms with Crippen LogP contribution >= 0.6 is 0 Å². The Labute approximate surface area is 531 Å². The zero-order chi connectivity index (χ0) is 69.4. The maximum atomic E-state index is 14.8. The molecule has 0 aromatic heterocycles. The Kier molecular flexibility index (Phi) is 35.3. The Balaban J connectivity index is 6.94. The van der Waals surface area contributed by atoms with Crippen LogP contribution in [0.25, 0.3) is 0 Å². The summed E-state index contributed by atoms with van der Waals surface area (Å²) in [6.07, 6.45) is 5.35. The average molecular weight is 1260 g/mol. The van der Waals surface area contributed by atoms with Crippen molar-refractivity contribution in [1.29, 1.82) is 0 Å². The number of methoxy groups -OCH3 is 1. The molecule has 0 aromatic rings. The highest BCUT2D eigenvalue weighted by molar-refractivity contribution is 6.06. The van der Waals surface area contributed by atoms with E-state index in [2.05, 4.69) is 26.6 Å². The minimum Gasteiger partial charge on any atom is -0.479 e. The van der Waals surface area contributed by atoms with Gasteiger partial charge in [0.25, 0.3) is 5.91 Å². The zero-order valence-electron chi connectivity index (χ0n) is 58.5. The van der Waals surface area contributed by atoms with Crippen LogP contribution in [0.5, 0.6) is 0 Å². The fourth-order valence-electron chi connectivity index (χ4n) is 10.2. The molecule has 11 amide bonds. The Morgan fingerprint density at radius 2 is 0.933 bits per heavy atom. The molecule has 11 atom stereocenters. The summed E-state index contributed by atoms with van der Waals surface area (Å²) in [5.41, 5.74) is -1.14. The smallest absolute Gasteiger partial charge is 0.336 e. The Morgan fingerprint density at radius 3 is 1.38 bits per heavy atom. The normalized spacial score (nSPS) is 15.5. The largest absolute Gasteiger partial charge is 0.479 e. The van der Waals surface area contributed by atoms with Gasteiger partial charge in [-0.3, -0.25) is 52.7 Å². The summed E-state index contributed by atoms with van der Waals surface area (Å²) in [6, 6.07) is -12.8. The maximum absolute atomic E-state index is 14.8. The first-order valence-corrected chi connectivity index (χ1v) is 31.4. The number of carboxylic acid groups (broad SMARTS) is 1. The zero-order valence-corrected chi connectivity index (χ0v) is 58.5. The summed E-state index contributed by atoms with van der Waals surface area (Å²) in [5, 5.41) is 24.1. The molecule has 0 aliphatic rings. The maximum Gasteiger partial charge on any atom is 0.336 e. The van der Waals surface area contributed by atoms with Crippen LogP contribution in [-0.4, -0.2) is 228 Å². The molecule has 0 saturated carbocycles. The molecule has 25 nitrogen and oxygen atoms in total. The first kappa shape index (κ1) is 82.3. The molecular formula is C64H115N11O14. The predicted octanol–water partition coefficient (Wildman–Crippen LogP) is 3.82. The molecule has 0 aliphatic carbocycles. The number of nitrogens with zero attached hydrogens (tertiary/aromatic N) is 6. The fourth-order valence-corrected chi connectivity index (χ4v) is 10.2. The van der Waals surface area contributed by atoms with Gasteiger partial charge in [0.2, 0.25) is 65.1 Å². The van der Waals surface area contributed by atoms with E-state index in [-0.39, 0.29) is 79.9 Å². The van der Waals surface area contributed by atoms with Crippen molar-refractivity contribution in [3.63, 3.8) is 0 Å². The second-order valence-corrected chi connectivity index (χ2v) is 26.6. The number of likely N-dealkylation sites (N-methyl/N-ethyl adjacent to an activating group) is 7. The summed E-state index contributed by atoms with van der Waals surface area (Å²) in [7, 11) is 11.0. The van der Waals surface area contributed by atoms with Gasteiger partial charge in [-0.05, 0) is 109 Å².